The number of nitrogens with one attached hydrogen (secondary N) is 1. The van der Waals surface area contributed by atoms with Gasteiger partial charge in [-0.05, 0) is 43.6 Å². The van der Waals surface area contributed by atoms with Crippen LogP contribution < -0.4 is 0 Å². The minimum Gasteiger partial charge on any atom is -0.481 e. The van der Waals surface area contributed by atoms with Crippen molar-refractivity contribution < 1.29 is 14.3 Å². The lowest BCUT2D eigenvalue weighted by molar-refractivity contribution is -0.149. The molecule has 162 valence electrons. The first-order valence-electron chi connectivity index (χ1n) is 10.7. The van der Waals surface area contributed by atoms with Crippen molar-refractivity contribution in [3.8, 4) is 11.4 Å². The average Bonchev–Trinajstić information content (AvgIpc) is 3.44. The van der Waals surface area contributed by atoms with Gasteiger partial charge in [-0.25, -0.2) is 19.9 Å². The summed E-state index contributed by atoms with van der Waals surface area (Å²) in [5, 5.41) is 11.2. The molecule has 9 heteroatoms. The Morgan fingerprint density at radius 1 is 1.25 bits per heavy atom. The maximum absolute atomic E-state index is 12.0. The quantitative estimate of drug-likeness (QED) is 0.410. The number of H-pyrrole nitrogens is 1. The van der Waals surface area contributed by atoms with E-state index in [0.29, 0.717) is 39.3 Å². The summed E-state index contributed by atoms with van der Waals surface area (Å²) >= 11 is 6.15. The van der Waals surface area contributed by atoms with Crippen molar-refractivity contribution in [1.82, 2.24) is 19.9 Å². The van der Waals surface area contributed by atoms with Crippen LogP contribution in [0.5, 0.6) is 0 Å². The minimum absolute atomic E-state index is 0.0977. The summed E-state index contributed by atoms with van der Waals surface area (Å²) in [4.78, 5) is 33.4. The van der Waals surface area contributed by atoms with Crippen LogP contribution in [-0.2, 0) is 4.79 Å². The molecule has 7 rings (SSSR count). The number of carbonyl (C=O) groups is 1. The van der Waals surface area contributed by atoms with E-state index in [1.807, 2.05) is 6.07 Å². The number of pyridine rings is 1. The Bertz CT molecular complexity index is 1370. The number of fused-ring (bicyclic) bond motifs is 5. The average molecular weight is 450 g/mol. The molecule has 3 saturated carbocycles. The Morgan fingerprint density at radius 3 is 2.88 bits per heavy atom. The van der Waals surface area contributed by atoms with Crippen LogP contribution >= 0.6 is 11.6 Å². The van der Waals surface area contributed by atoms with Gasteiger partial charge in [-0.15, -0.1) is 0 Å². The second kappa shape index (κ2) is 7.41. The van der Waals surface area contributed by atoms with E-state index < -0.39 is 5.97 Å². The predicted octanol–water partition coefficient (Wildman–Crippen LogP) is 5.26. The van der Waals surface area contributed by atoms with Crippen LogP contribution in [0.2, 0.25) is 5.02 Å². The van der Waals surface area contributed by atoms with Gasteiger partial charge in [0.2, 0.25) is 0 Å². The highest BCUT2D eigenvalue weighted by Crippen LogP contribution is 2.48. The third kappa shape index (κ3) is 3.09. The molecule has 0 spiro atoms. The SMILES string of the molecule is O=C(O)[C@H]1C2CCC(CC2)C1C=Nc1nc(-c2c[nH]c3ncc(Cl)cc23)nc2ccoc12. The molecule has 3 aliphatic rings. The van der Waals surface area contributed by atoms with E-state index in [4.69, 9.17) is 16.0 Å². The summed E-state index contributed by atoms with van der Waals surface area (Å²) in [6, 6.07) is 3.58. The van der Waals surface area contributed by atoms with Crippen molar-refractivity contribution in [3.05, 3.63) is 35.8 Å². The zero-order valence-corrected chi connectivity index (χ0v) is 17.8. The van der Waals surface area contributed by atoms with E-state index in [-0.39, 0.29) is 17.8 Å². The maximum Gasteiger partial charge on any atom is 0.307 e. The van der Waals surface area contributed by atoms with E-state index in [1.54, 1.807) is 30.9 Å². The van der Waals surface area contributed by atoms with Gasteiger partial charge in [0.25, 0.3) is 0 Å². The zero-order chi connectivity index (χ0) is 21.8. The van der Waals surface area contributed by atoms with Crippen molar-refractivity contribution in [3.63, 3.8) is 0 Å². The normalized spacial score (nSPS) is 25.3. The fourth-order valence-electron chi connectivity index (χ4n) is 5.45. The monoisotopic (exact) mass is 449 g/mol. The number of furan rings is 1. The van der Waals surface area contributed by atoms with Gasteiger partial charge < -0.3 is 14.5 Å². The lowest BCUT2D eigenvalue weighted by Crippen LogP contribution is -2.44. The minimum atomic E-state index is -0.731. The highest BCUT2D eigenvalue weighted by atomic mass is 35.5. The van der Waals surface area contributed by atoms with Crippen LogP contribution in [0.25, 0.3) is 33.5 Å². The van der Waals surface area contributed by atoms with Crippen molar-refractivity contribution in [1.29, 1.82) is 0 Å². The molecule has 0 aromatic carbocycles. The van der Waals surface area contributed by atoms with Gasteiger partial charge in [0.05, 0.1) is 17.2 Å². The molecule has 0 aliphatic heterocycles. The zero-order valence-electron chi connectivity index (χ0n) is 17.0. The van der Waals surface area contributed by atoms with E-state index in [0.717, 1.165) is 36.6 Å². The summed E-state index contributed by atoms with van der Waals surface area (Å²) in [5.41, 5.74) is 2.56. The molecular formula is C23H20ClN5O3. The van der Waals surface area contributed by atoms with Crippen LogP contribution in [0.4, 0.5) is 5.82 Å². The summed E-state index contributed by atoms with van der Waals surface area (Å²) < 4.78 is 5.61. The van der Waals surface area contributed by atoms with Crippen LogP contribution in [0.3, 0.4) is 0 Å². The molecule has 4 heterocycles. The largest absolute Gasteiger partial charge is 0.481 e. The first-order chi connectivity index (χ1) is 15.6. The second-order valence-corrected chi connectivity index (χ2v) is 9.09. The molecule has 4 aromatic rings. The Balaban J connectivity index is 1.43. The number of rotatable bonds is 4. The fraction of sp³-hybridized carbons (Fsp3) is 0.348. The molecule has 2 atom stereocenters. The molecule has 3 aliphatic carbocycles. The Kier molecular flexibility index (Phi) is 4.50. The topological polar surface area (TPSA) is 117 Å². The standard InChI is InChI=1S/C23H20ClN5O3/c24-13-7-14-16(10-26-20(14)25-8-13)21-28-17-5-6-32-19(17)22(29-21)27-9-15-11-1-3-12(4-2-11)18(15)23(30)31/h5-12,15,18H,1-4H2,(H,25,26)(H,30,31)/t11?,12?,15?,18-/m0/s1. The number of aromatic nitrogens is 4. The molecule has 0 radical (unpaired) electrons. The highest BCUT2D eigenvalue weighted by Gasteiger charge is 2.46. The number of carboxylic acid groups (broad SMARTS) is 1. The number of halogens is 1. The Labute approximate surface area is 187 Å². The molecule has 4 aromatic heterocycles. The number of hydrogen-bond donors (Lipinski definition) is 2. The summed E-state index contributed by atoms with van der Waals surface area (Å²) in [6.07, 6.45) is 10.8. The predicted molar refractivity (Wildman–Crippen MR) is 120 cm³/mol. The molecule has 1 unspecified atom stereocenters. The molecule has 2 bridgehead atoms. The molecule has 3 fully saturated rings. The van der Waals surface area contributed by atoms with Gasteiger partial charge in [-0.2, -0.15) is 0 Å². The molecule has 32 heavy (non-hydrogen) atoms. The lowest BCUT2D eigenvalue weighted by Gasteiger charge is -2.45. The van der Waals surface area contributed by atoms with E-state index in [9.17, 15) is 9.90 Å². The van der Waals surface area contributed by atoms with Gasteiger partial charge in [0, 0.05) is 41.5 Å². The van der Waals surface area contributed by atoms with E-state index in [1.165, 1.54) is 0 Å². The lowest BCUT2D eigenvalue weighted by atomic mass is 9.59. The number of aliphatic imine (C=N–C) groups is 1. The van der Waals surface area contributed by atoms with Crippen molar-refractivity contribution in [2.45, 2.75) is 25.7 Å². The highest BCUT2D eigenvalue weighted by molar-refractivity contribution is 6.31. The summed E-state index contributed by atoms with van der Waals surface area (Å²) in [6.45, 7) is 0. The molecule has 2 N–H and O–H groups in total. The Hall–Kier alpha value is -3.26. The first kappa shape index (κ1) is 19.4. The molecule has 8 nitrogen and oxygen atoms in total. The smallest absolute Gasteiger partial charge is 0.307 e. The number of aliphatic carboxylic acids is 1. The number of carboxylic acids is 1. The van der Waals surface area contributed by atoms with Gasteiger partial charge in [-0.3, -0.25) is 4.79 Å². The third-order valence-corrected chi connectivity index (χ3v) is 7.17. The van der Waals surface area contributed by atoms with Crippen molar-refractivity contribution in [2.75, 3.05) is 0 Å². The number of hydrogen-bond acceptors (Lipinski definition) is 6. The van der Waals surface area contributed by atoms with Crippen LogP contribution in [0, 0.1) is 23.7 Å². The van der Waals surface area contributed by atoms with Crippen LogP contribution in [0.1, 0.15) is 25.7 Å². The summed E-state index contributed by atoms with van der Waals surface area (Å²) in [5.74, 6) is 0.222. The summed E-state index contributed by atoms with van der Waals surface area (Å²) in [7, 11) is 0. The van der Waals surface area contributed by atoms with Gasteiger partial charge >= 0.3 is 5.97 Å². The molecule has 0 amide bonds. The van der Waals surface area contributed by atoms with Gasteiger partial charge in [0.15, 0.2) is 17.2 Å². The number of aromatic amines is 1. The van der Waals surface area contributed by atoms with Crippen molar-refractivity contribution in [2.24, 2.45) is 28.7 Å². The molecular weight excluding hydrogens is 430 g/mol. The van der Waals surface area contributed by atoms with Crippen LogP contribution in [-0.4, -0.2) is 37.2 Å². The Morgan fingerprint density at radius 2 is 2.06 bits per heavy atom. The fourth-order valence-corrected chi connectivity index (χ4v) is 5.61. The van der Waals surface area contributed by atoms with Gasteiger partial charge in [0.1, 0.15) is 11.2 Å². The van der Waals surface area contributed by atoms with Crippen LogP contribution in [0.15, 0.2) is 40.2 Å². The maximum atomic E-state index is 12.0. The molecule has 0 saturated heterocycles. The van der Waals surface area contributed by atoms with E-state index >= 15 is 0 Å². The third-order valence-electron chi connectivity index (χ3n) is 6.96. The number of nitrogens with zero attached hydrogens (tertiary/aromatic N) is 4. The van der Waals surface area contributed by atoms with E-state index in [2.05, 4.69) is 24.9 Å². The van der Waals surface area contributed by atoms with Gasteiger partial charge in [-0.1, -0.05) is 11.6 Å². The van der Waals surface area contributed by atoms with Crippen molar-refractivity contribution >= 4 is 51.7 Å². The second-order valence-electron chi connectivity index (χ2n) is 8.65. The first-order valence-corrected chi connectivity index (χ1v) is 11.1.